The van der Waals surface area contributed by atoms with Gasteiger partial charge >= 0.3 is 0 Å². The number of halogens is 1. The van der Waals surface area contributed by atoms with E-state index in [1.54, 1.807) is 12.1 Å². The Morgan fingerprint density at radius 3 is 2.44 bits per heavy atom. The molecule has 0 bridgehead atoms. The largest absolute Gasteiger partial charge is 0.485 e. The van der Waals surface area contributed by atoms with E-state index in [0.29, 0.717) is 5.75 Å². The molecular weight excluding hydrogens is 229 g/mol. The van der Waals surface area contributed by atoms with Crippen LogP contribution in [0.5, 0.6) is 5.75 Å². The Morgan fingerprint density at radius 1 is 1.33 bits per heavy atom. The zero-order valence-corrected chi connectivity index (χ0v) is 12.0. The molecule has 0 saturated carbocycles. The van der Waals surface area contributed by atoms with Gasteiger partial charge in [0.2, 0.25) is 0 Å². The third-order valence-electron chi connectivity index (χ3n) is 3.05. The molecule has 0 amide bonds. The molecule has 0 spiro atoms. The molecule has 18 heavy (non-hydrogen) atoms. The third-order valence-corrected chi connectivity index (χ3v) is 3.05. The second-order valence-corrected chi connectivity index (χ2v) is 5.91. The molecule has 0 radical (unpaired) electrons. The van der Waals surface area contributed by atoms with Gasteiger partial charge in [0.05, 0.1) is 0 Å². The van der Waals surface area contributed by atoms with Crippen LogP contribution >= 0.6 is 0 Å². The van der Waals surface area contributed by atoms with E-state index >= 15 is 0 Å². The second-order valence-electron chi connectivity index (χ2n) is 5.91. The standard InChI is InChI=1S/C15H24FNO/c1-6-12(17)14(15(3,4)5)18-13-9-10(2)7-8-11(13)16/h7-9,12,14H,6,17H2,1-5H3. The lowest BCUT2D eigenvalue weighted by Gasteiger charge is -2.35. The van der Waals surface area contributed by atoms with Crippen molar-refractivity contribution in [1.82, 2.24) is 0 Å². The summed E-state index contributed by atoms with van der Waals surface area (Å²) in [5, 5.41) is 0. The first kappa shape index (κ1) is 15.0. The summed E-state index contributed by atoms with van der Waals surface area (Å²) >= 11 is 0. The molecule has 2 N–H and O–H groups in total. The van der Waals surface area contributed by atoms with Crippen LogP contribution in [0.4, 0.5) is 4.39 Å². The van der Waals surface area contributed by atoms with Gasteiger partial charge in [0, 0.05) is 11.5 Å². The molecule has 2 nitrogen and oxygen atoms in total. The molecule has 2 atom stereocenters. The summed E-state index contributed by atoms with van der Waals surface area (Å²) in [7, 11) is 0. The predicted molar refractivity (Wildman–Crippen MR) is 73.3 cm³/mol. The molecule has 0 aliphatic rings. The minimum absolute atomic E-state index is 0.107. The highest BCUT2D eigenvalue weighted by molar-refractivity contribution is 5.29. The lowest BCUT2D eigenvalue weighted by atomic mass is 9.84. The van der Waals surface area contributed by atoms with Crippen LogP contribution < -0.4 is 10.5 Å². The fourth-order valence-electron chi connectivity index (χ4n) is 1.96. The Kier molecular flexibility index (Phi) is 4.74. The molecule has 1 rings (SSSR count). The summed E-state index contributed by atoms with van der Waals surface area (Å²) in [6.45, 7) is 10.1. The molecular formula is C15H24FNO. The van der Waals surface area contributed by atoms with Gasteiger partial charge in [-0.3, -0.25) is 0 Å². The monoisotopic (exact) mass is 253 g/mol. The molecule has 2 unspecified atom stereocenters. The van der Waals surface area contributed by atoms with Gasteiger partial charge in [-0.2, -0.15) is 0 Å². The highest BCUT2D eigenvalue weighted by Crippen LogP contribution is 2.29. The Labute approximate surface area is 109 Å². The maximum atomic E-state index is 13.7. The summed E-state index contributed by atoms with van der Waals surface area (Å²) in [4.78, 5) is 0. The maximum Gasteiger partial charge on any atom is 0.165 e. The van der Waals surface area contributed by atoms with Crippen molar-refractivity contribution >= 4 is 0 Å². The van der Waals surface area contributed by atoms with Crippen LogP contribution in [0.3, 0.4) is 0 Å². The van der Waals surface area contributed by atoms with Gasteiger partial charge in [-0.05, 0) is 31.0 Å². The molecule has 3 heteroatoms. The van der Waals surface area contributed by atoms with Crippen molar-refractivity contribution < 1.29 is 9.13 Å². The van der Waals surface area contributed by atoms with E-state index in [0.717, 1.165) is 12.0 Å². The van der Waals surface area contributed by atoms with E-state index in [9.17, 15) is 4.39 Å². The second kappa shape index (κ2) is 5.70. The number of rotatable bonds is 4. The number of nitrogens with two attached hydrogens (primary N) is 1. The van der Waals surface area contributed by atoms with Crippen LogP contribution in [0.2, 0.25) is 0 Å². The van der Waals surface area contributed by atoms with Crippen LogP contribution in [0, 0.1) is 18.2 Å². The first-order valence-electron chi connectivity index (χ1n) is 6.44. The topological polar surface area (TPSA) is 35.2 Å². The Morgan fingerprint density at radius 2 is 1.94 bits per heavy atom. The number of ether oxygens (including phenoxy) is 1. The minimum Gasteiger partial charge on any atom is -0.485 e. The number of aryl methyl sites for hydroxylation is 1. The summed E-state index contributed by atoms with van der Waals surface area (Å²) in [5.41, 5.74) is 6.93. The highest BCUT2D eigenvalue weighted by Gasteiger charge is 2.32. The van der Waals surface area contributed by atoms with Crippen LogP contribution in [0.25, 0.3) is 0 Å². The molecule has 0 saturated heterocycles. The van der Waals surface area contributed by atoms with E-state index in [2.05, 4.69) is 20.8 Å². The van der Waals surface area contributed by atoms with Crippen LogP contribution in [0.1, 0.15) is 39.7 Å². The van der Waals surface area contributed by atoms with Crippen LogP contribution in [0.15, 0.2) is 18.2 Å². The fourth-order valence-corrected chi connectivity index (χ4v) is 1.96. The summed E-state index contributed by atoms with van der Waals surface area (Å²) in [6, 6.07) is 4.77. The van der Waals surface area contributed by atoms with Gasteiger partial charge in [-0.1, -0.05) is 33.8 Å². The molecule has 0 heterocycles. The molecule has 0 aromatic heterocycles. The molecule has 102 valence electrons. The van der Waals surface area contributed by atoms with Gasteiger partial charge in [-0.25, -0.2) is 4.39 Å². The zero-order chi connectivity index (χ0) is 13.9. The van der Waals surface area contributed by atoms with Crippen LogP contribution in [-0.4, -0.2) is 12.1 Å². The van der Waals surface area contributed by atoms with Gasteiger partial charge in [0.25, 0.3) is 0 Å². The van der Waals surface area contributed by atoms with E-state index in [4.69, 9.17) is 10.5 Å². The zero-order valence-electron chi connectivity index (χ0n) is 12.0. The molecule has 1 aromatic carbocycles. The first-order chi connectivity index (χ1) is 8.25. The van der Waals surface area contributed by atoms with E-state index in [-0.39, 0.29) is 23.4 Å². The average molecular weight is 253 g/mol. The highest BCUT2D eigenvalue weighted by atomic mass is 19.1. The first-order valence-corrected chi connectivity index (χ1v) is 6.44. The Balaban J connectivity index is 3.00. The van der Waals surface area contributed by atoms with Crippen molar-refractivity contribution in [2.24, 2.45) is 11.1 Å². The summed E-state index contributed by atoms with van der Waals surface area (Å²) in [6.07, 6.45) is 0.592. The summed E-state index contributed by atoms with van der Waals surface area (Å²) < 4.78 is 19.6. The van der Waals surface area contributed by atoms with E-state index < -0.39 is 0 Å². The fraction of sp³-hybridized carbons (Fsp3) is 0.600. The van der Waals surface area contributed by atoms with Crippen LogP contribution in [-0.2, 0) is 0 Å². The number of benzene rings is 1. The maximum absolute atomic E-state index is 13.7. The minimum atomic E-state index is -0.335. The Hall–Kier alpha value is -1.09. The third kappa shape index (κ3) is 3.70. The SMILES string of the molecule is CCC(N)C(Oc1cc(C)ccc1F)C(C)(C)C. The lowest BCUT2D eigenvalue weighted by Crippen LogP contribution is -2.47. The Bertz CT molecular complexity index is 398. The van der Waals surface area contributed by atoms with Crippen molar-refractivity contribution in [3.63, 3.8) is 0 Å². The van der Waals surface area contributed by atoms with Crippen molar-refractivity contribution in [1.29, 1.82) is 0 Å². The van der Waals surface area contributed by atoms with Gasteiger partial charge in [0.1, 0.15) is 6.10 Å². The number of hydrogen-bond acceptors (Lipinski definition) is 2. The molecule has 1 aromatic rings. The van der Waals surface area contributed by atoms with Gasteiger partial charge in [-0.15, -0.1) is 0 Å². The lowest BCUT2D eigenvalue weighted by molar-refractivity contribution is 0.0585. The predicted octanol–water partition coefficient (Wildman–Crippen LogP) is 3.66. The van der Waals surface area contributed by atoms with Crippen molar-refractivity contribution in [2.75, 3.05) is 0 Å². The molecule has 0 aliphatic carbocycles. The summed E-state index contributed by atoms with van der Waals surface area (Å²) in [5.74, 6) is -0.0445. The van der Waals surface area contributed by atoms with Crippen molar-refractivity contribution in [3.8, 4) is 5.75 Å². The molecule has 0 aliphatic heterocycles. The van der Waals surface area contributed by atoms with E-state index in [1.807, 2.05) is 13.8 Å². The smallest absolute Gasteiger partial charge is 0.165 e. The quantitative estimate of drug-likeness (QED) is 0.888. The van der Waals surface area contributed by atoms with Gasteiger partial charge in [0.15, 0.2) is 11.6 Å². The van der Waals surface area contributed by atoms with E-state index in [1.165, 1.54) is 6.07 Å². The molecule has 0 fully saturated rings. The van der Waals surface area contributed by atoms with Crippen molar-refractivity contribution in [3.05, 3.63) is 29.6 Å². The van der Waals surface area contributed by atoms with Gasteiger partial charge < -0.3 is 10.5 Å². The number of hydrogen-bond donors (Lipinski definition) is 1. The average Bonchev–Trinajstić information content (AvgIpc) is 2.27. The van der Waals surface area contributed by atoms with Crippen molar-refractivity contribution in [2.45, 2.75) is 53.2 Å². The normalized spacial score (nSPS) is 15.3.